The molecule has 0 radical (unpaired) electrons. The van der Waals surface area contributed by atoms with Crippen molar-refractivity contribution in [2.24, 2.45) is 5.92 Å². The van der Waals surface area contributed by atoms with Crippen LogP contribution in [0.15, 0.2) is 11.8 Å². The third-order valence-corrected chi connectivity index (χ3v) is 2.91. The van der Waals surface area contributed by atoms with Crippen LogP contribution in [0.2, 0.25) is 0 Å². The number of allylic oxidation sites excluding steroid dienone is 1. The first-order valence-corrected chi connectivity index (χ1v) is 5.88. The van der Waals surface area contributed by atoms with Gasteiger partial charge in [0.05, 0.1) is 13.2 Å². The van der Waals surface area contributed by atoms with Crippen LogP contribution in [0.4, 0.5) is 13.2 Å². The summed E-state index contributed by atoms with van der Waals surface area (Å²) >= 11 is 0. The number of carbonyl (C=O) groups is 1. The van der Waals surface area contributed by atoms with Gasteiger partial charge in [-0.15, -0.1) is 0 Å². The van der Waals surface area contributed by atoms with E-state index in [0.717, 1.165) is 7.11 Å². The van der Waals surface area contributed by atoms with Gasteiger partial charge in [0, 0.05) is 5.92 Å². The highest BCUT2D eigenvalue weighted by Crippen LogP contribution is 2.39. The fraction of sp³-hybridized carbons (Fsp3) is 0.625. The lowest BCUT2D eigenvalue weighted by Gasteiger charge is -2.11. The van der Waals surface area contributed by atoms with Crippen molar-refractivity contribution in [3.63, 3.8) is 0 Å². The maximum Gasteiger partial charge on any atom is 0.534 e. The highest BCUT2D eigenvalue weighted by molar-refractivity contribution is 7.87. The number of hydrogen-bond acceptors (Lipinski definition) is 5. The first-order chi connectivity index (χ1) is 7.67. The van der Waals surface area contributed by atoms with Crippen molar-refractivity contribution in [2.45, 2.75) is 18.3 Å². The van der Waals surface area contributed by atoms with Gasteiger partial charge in [-0.05, 0) is 12.8 Å². The summed E-state index contributed by atoms with van der Waals surface area (Å²) in [5, 5.41) is 0. The number of esters is 1. The summed E-state index contributed by atoms with van der Waals surface area (Å²) in [6, 6.07) is 0. The highest BCUT2D eigenvalue weighted by Gasteiger charge is 2.50. The first-order valence-electron chi connectivity index (χ1n) is 4.47. The second-order valence-electron chi connectivity index (χ2n) is 3.33. The Hall–Kier alpha value is -1.25. The summed E-state index contributed by atoms with van der Waals surface area (Å²) in [4.78, 5) is 10.8. The summed E-state index contributed by atoms with van der Waals surface area (Å²) < 4.78 is 65.7. The minimum atomic E-state index is -5.73. The van der Waals surface area contributed by atoms with E-state index >= 15 is 0 Å². The van der Waals surface area contributed by atoms with Gasteiger partial charge >= 0.3 is 21.6 Å². The van der Waals surface area contributed by atoms with E-state index in [2.05, 4.69) is 8.92 Å². The molecule has 0 unspecified atom stereocenters. The lowest BCUT2D eigenvalue weighted by Crippen LogP contribution is -2.26. The van der Waals surface area contributed by atoms with Crippen molar-refractivity contribution in [1.82, 2.24) is 0 Å². The number of carbonyl (C=O) groups excluding carboxylic acids is 1. The lowest BCUT2D eigenvalue weighted by molar-refractivity contribution is -0.135. The van der Waals surface area contributed by atoms with Crippen molar-refractivity contribution in [3.05, 3.63) is 11.8 Å². The zero-order valence-corrected chi connectivity index (χ0v) is 9.47. The molecule has 0 N–H and O–H groups in total. The first kappa shape index (κ1) is 13.8. The van der Waals surface area contributed by atoms with E-state index in [-0.39, 0.29) is 0 Å². The fourth-order valence-electron chi connectivity index (χ4n) is 0.927. The molecule has 5 nitrogen and oxygen atoms in total. The number of alkyl halides is 3. The van der Waals surface area contributed by atoms with E-state index in [1.807, 2.05) is 0 Å². The van der Waals surface area contributed by atoms with Gasteiger partial charge in [-0.25, -0.2) is 4.79 Å². The number of hydrogen-bond donors (Lipinski definition) is 0. The highest BCUT2D eigenvalue weighted by atomic mass is 32.2. The van der Waals surface area contributed by atoms with Gasteiger partial charge in [0.2, 0.25) is 0 Å². The molecule has 0 aromatic rings. The van der Waals surface area contributed by atoms with Crippen LogP contribution in [0.3, 0.4) is 0 Å². The predicted octanol–water partition coefficient (Wildman–Crippen LogP) is 1.32. The van der Waals surface area contributed by atoms with Gasteiger partial charge in [0.1, 0.15) is 5.76 Å². The second-order valence-corrected chi connectivity index (χ2v) is 4.87. The van der Waals surface area contributed by atoms with Gasteiger partial charge < -0.3 is 8.92 Å². The molecule has 0 aromatic heterocycles. The average molecular weight is 274 g/mol. The maximum atomic E-state index is 12.0. The molecule has 0 saturated heterocycles. The molecule has 0 spiro atoms. The smallest absolute Gasteiger partial charge is 0.466 e. The van der Waals surface area contributed by atoms with Crippen LogP contribution in [0.5, 0.6) is 0 Å². The molecule has 0 atom stereocenters. The van der Waals surface area contributed by atoms with Crippen LogP contribution in [-0.4, -0.2) is 27.0 Å². The molecule has 98 valence electrons. The minimum absolute atomic E-state index is 0.468. The van der Waals surface area contributed by atoms with Crippen molar-refractivity contribution < 1.29 is 35.3 Å². The molecule has 0 heterocycles. The monoisotopic (exact) mass is 274 g/mol. The summed E-state index contributed by atoms with van der Waals surface area (Å²) in [5.41, 5.74) is -5.52. The SMILES string of the molecule is COC(=O)/C=C(\OS(=O)(=O)C(F)(F)F)C1CC1. The van der Waals surface area contributed by atoms with Crippen LogP contribution in [0.1, 0.15) is 12.8 Å². The van der Waals surface area contributed by atoms with Crippen LogP contribution in [0, 0.1) is 5.92 Å². The quantitative estimate of drug-likeness (QED) is 0.254. The predicted molar refractivity (Wildman–Crippen MR) is 48.9 cm³/mol. The van der Waals surface area contributed by atoms with E-state index < -0.39 is 33.3 Å². The normalized spacial score (nSPS) is 17.8. The van der Waals surface area contributed by atoms with E-state index in [9.17, 15) is 26.4 Å². The summed E-state index contributed by atoms with van der Waals surface area (Å²) in [6.45, 7) is 0. The number of ether oxygens (including phenoxy) is 1. The van der Waals surface area contributed by atoms with Gasteiger partial charge in [0.25, 0.3) is 0 Å². The van der Waals surface area contributed by atoms with E-state index in [4.69, 9.17) is 0 Å². The Bertz CT molecular complexity index is 433. The number of methoxy groups -OCH3 is 1. The molecule has 0 aromatic carbocycles. The molecule has 1 saturated carbocycles. The van der Waals surface area contributed by atoms with Crippen LogP contribution in [-0.2, 0) is 23.8 Å². The van der Waals surface area contributed by atoms with E-state index in [1.165, 1.54) is 0 Å². The molecular formula is C8H9F3O5S. The summed E-state index contributed by atoms with van der Waals surface area (Å²) in [6.07, 6.45) is 1.55. The standard InChI is InChI=1S/C8H9F3O5S/c1-15-7(12)4-6(5-2-3-5)16-17(13,14)8(9,10)11/h4-5H,2-3H2,1H3/b6-4-. The van der Waals surface area contributed by atoms with Crippen molar-refractivity contribution in [1.29, 1.82) is 0 Å². The molecule has 1 aliphatic carbocycles. The lowest BCUT2D eigenvalue weighted by atomic mass is 10.3. The van der Waals surface area contributed by atoms with Crippen molar-refractivity contribution in [3.8, 4) is 0 Å². The van der Waals surface area contributed by atoms with Gasteiger partial charge in [-0.2, -0.15) is 21.6 Å². The number of halogens is 3. The molecular weight excluding hydrogens is 265 g/mol. The van der Waals surface area contributed by atoms with Gasteiger partial charge in [-0.1, -0.05) is 0 Å². The Labute approximate surface area is 95.3 Å². The Morgan fingerprint density at radius 1 is 1.35 bits per heavy atom. The average Bonchev–Trinajstić information content (AvgIpc) is 2.97. The van der Waals surface area contributed by atoms with Crippen molar-refractivity contribution in [2.75, 3.05) is 7.11 Å². The molecule has 1 aliphatic rings. The zero-order chi connectivity index (χ0) is 13.3. The van der Waals surface area contributed by atoms with E-state index in [1.54, 1.807) is 0 Å². The zero-order valence-electron chi connectivity index (χ0n) is 8.65. The van der Waals surface area contributed by atoms with Crippen LogP contribution >= 0.6 is 0 Å². The minimum Gasteiger partial charge on any atom is -0.466 e. The molecule has 1 rings (SSSR count). The maximum absolute atomic E-state index is 12.0. The van der Waals surface area contributed by atoms with Gasteiger partial charge in [0.15, 0.2) is 0 Å². The summed E-state index contributed by atoms with van der Waals surface area (Å²) in [5.74, 6) is -1.98. The molecule has 0 amide bonds. The second kappa shape index (κ2) is 4.55. The molecule has 1 fully saturated rings. The molecule has 9 heteroatoms. The fourth-order valence-corrected chi connectivity index (χ4v) is 1.46. The van der Waals surface area contributed by atoms with Gasteiger partial charge in [-0.3, -0.25) is 0 Å². The van der Waals surface area contributed by atoms with Crippen LogP contribution < -0.4 is 0 Å². The van der Waals surface area contributed by atoms with Crippen molar-refractivity contribution >= 4 is 16.1 Å². The molecule has 17 heavy (non-hydrogen) atoms. The Balaban J connectivity index is 2.89. The van der Waals surface area contributed by atoms with E-state index in [0.29, 0.717) is 18.9 Å². The Morgan fingerprint density at radius 2 is 1.88 bits per heavy atom. The molecule has 0 bridgehead atoms. The summed E-state index contributed by atoms with van der Waals surface area (Å²) in [7, 11) is -4.72. The van der Waals surface area contributed by atoms with Crippen LogP contribution in [0.25, 0.3) is 0 Å². The molecule has 0 aliphatic heterocycles. The third kappa shape index (κ3) is 3.62. The Morgan fingerprint density at radius 3 is 2.24 bits per heavy atom. The largest absolute Gasteiger partial charge is 0.534 e. The third-order valence-electron chi connectivity index (χ3n) is 1.93. The topological polar surface area (TPSA) is 69.7 Å². The number of rotatable bonds is 4. The Kier molecular flexibility index (Phi) is 3.70.